The Bertz CT molecular complexity index is 848. The number of nitrogens with one attached hydrogen (secondary N) is 2. The summed E-state index contributed by atoms with van der Waals surface area (Å²) >= 11 is 0. The lowest BCUT2D eigenvalue weighted by molar-refractivity contribution is -0.129. The van der Waals surface area contributed by atoms with Crippen molar-refractivity contribution in [1.82, 2.24) is 15.8 Å². The van der Waals surface area contributed by atoms with Crippen LogP contribution >= 0.6 is 0 Å². The number of hydrazine groups is 1. The number of hydrogen-bond acceptors (Lipinski definition) is 5. The molecule has 1 saturated heterocycles. The second-order valence-electron chi connectivity index (χ2n) is 7.06. The highest BCUT2D eigenvalue weighted by atomic mass is 16.5. The van der Waals surface area contributed by atoms with Gasteiger partial charge in [-0.3, -0.25) is 25.2 Å². The molecule has 0 saturated carbocycles. The average Bonchev–Trinajstić information content (AvgIpc) is 3.36. The molecule has 1 aliphatic rings. The number of ether oxygens (including phenoxy) is 1. The van der Waals surface area contributed by atoms with Crippen LogP contribution in [0.5, 0.6) is 5.75 Å². The summed E-state index contributed by atoms with van der Waals surface area (Å²) in [6.45, 7) is 4.61. The van der Waals surface area contributed by atoms with Gasteiger partial charge in [0.15, 0.2) is 0 Å². The molecule has 1 aromatic carbocycles. The molecular weight excluding hydrogens is 374 g/mol. The summed E-state index contributed by atoms with van der Waals surface area (Å²) in [5.41, 5.74) is 5.19. The third-order valence-electron chi connectivity index (χ3n) is 4.84. The molecule has 0 aliphatic carbocycles. The first-order valence-electron chi connectivity index (χ1n) is 9.63. The number of rotatable bonds is 7. The Morgan fingerprint density at radius 1 is 1.24 bits per heavy atom. The number of likely N-dealkylation sites (tertiary alicyclic amines) is 1. The highest BCUT2D eigenvalue weighted by molar-refractivity contribution is 5.96. The van der Waals surface area contributed by atoms with Crippen molar-refractivity contribution in [3.05, 3.63) is 54.0 Å². The molecule has 29 heavy (non-hydrogen) atoms. The maximum absolute atomic E-state index is 12.3. The first kappa shape index (κ1) is 20.4. The molecule has 2 unspecified atom stereocenters. The molecule has 0 spiro atoms. The zero-order chi connectivity index (χ0) is 20.8. The van der Waals surface area contributed by atoms with E-state index in [1.807, 2.05) is 13.8 Å². The zero-order valence-electron chi connectivity index (χ0n) is 16.5. The van der Waals surface area contributed by atoms with Crippen LogP contribution in [0.25, 0.3) is 0 Å². The second-order valence-corrected chi connectivity index (χ2v) is 7.06. The lowest BCUT2D eigenvalue weighted by Crippen LogP contribution is -2.45. The molecular formula is C21H25N3O5. The predicted octanol–water partition coefficient (Wildman–Crippen LogP) is 2.27. The molecule has 8 nitrogen and oxygen atoms in total. The van der Waals surface area contributed by atoms with E-state index in [9.17, 15) is 14.4 Å². The number of nitrogens with zero attached hydrogens (tertiary/aromatic N) is 1. The average molecular weight is 399 g/mol. The van der Waals surface area contributed by atoms with Crippen molar-refractivity contribution in [3.8, 4) is 5.75 Å². The molecule has 1 aromatic heterocycles. The summed E-state index contributed by atoms with van der Waals surface area (Å²) in [6.07, 6.45) is 2.62. The summed E-state index contributed by atoms with van der Waals surface area (Å²) in [4.78, 5) is 38.3. The van der Waals surface area contributed by atoms with Crippen LogP contribution in [0, 0.1) is 5.92 Å². The van der Waals surface area contributed by atoms with Crippen LogP contribution in [0.2, 0.25) is 0 Å². The van der Waals surface area contributed by atoms with Gasteiger partial charge in [0.05, 0.1) is 24.8 Å². The third kappa shape index (κ3) is 5.37. The summed E-state index contributed by atoms with van der Waals surface area (Å²) in [7, 11) is 0. The second kappa shape index (κ2) is 9.27. The smallest absolute Gasteiger partial charge is 0.269 e. The van der Waals surface area contributed by atoms with Crippen LogP contribution in [0.1, 0.15) is 42.8 Å². The minimum Gasteiger partial charge on any atom is -0.491 e. The number of carbonyl (C=O) groups excluding carboxylic acids is 3. The minimum atomic E-state index is -0.524. The van der Waals surface area contributed by atoms with Crippen LogP contribution in [0.4, 0.5) is 0 Å². The molecule has 8 heteroatoms. The van der Waals surface area contributed by atoms with Gasteiger partial charge < -0.3 is 14.1 Å². The number of hydrogen-bond donors (Lipinski definition) is 2. The fourth-order valence-corrected chi connectivity index (χ4v) is 2.98. The predicted molar refractivity (Wildman–Crippen MR) is 105 cm³/mol. The van der Waals surface area contributed by atoms with Gasteiger partial charge in [0.2, 0.25) is 11.8 Å². The van der Waals surface area contributed by atoms with Gasteiger partial charge in [-0.1, -0.05) is 6.92 Å². The van der Waals surface area contributed by atoms with Crippen LogP contribution in [0.15, 0.2) is 47.1 Å². The van der Waals surface area contributed by atoms with Crippen molar-refractivity contribution in [2.24, 2.45) is 5.92 Å². The Morgan fingerprint density at radius 3 is 2.66 bits per heavy atom. The fraction of sp³-hybridized carbons (Fsp3) is 0.381. The quantitative estimate of drug-likeness (QED) is 0.696. The molecule has 3 amide bonds. The van der Waals surface area contributed by atoms with Crippen LogP contribution in [-0.4, -0.2) is 35.3 Å². The number of furan rings is 1. The maximum atomic E-state index is 12.3. The lowest BCUT2D eigenvalue weighted by Gasteiger charge is -2.15. The Kier molecular flexibility index (Phi) is 6.54. The Balaban J connectivity index is 1.47. The van der Waals surface area contributed by atoms with Crippen molar-refractivity contribution in [2.75, 3.05) is 6.54 Å². The molecule has 1 fully saturated rings. The Labute approximate surface area is 169 Å². The van der Waals surface area contributed by atoms with E-state index in [4.69, 9.17) is 9.15 Å². The molecule has 0 bridgehead atoms. The van der Waals surface area contributed by atoms with Crippen molar-refractivity contribution >= 4 is 17.7 Å². The van der Waals surface area contributed by atoms with E-state index in [1.54, 1.807) is 47.6 Å². The Hall–Kier alpha value is -3.29. The van der Waals surface area contributed by atoms with Gasteiger partial charge in [-0.2, -0.15) is 0 Å². The normalized spacial score (nSPS) is 17.1. The fourth-order valence-electron chi connectivity index (χ4n) is 2.98. The van der Waals surface area contributed by atoms with Crippen LogP contribution < -0.4 is 15.6 Å². The summed E-state index contributed by atoms with van der Waals surface area (Å²) in [5.74, 6) is -0.140. The zero-order valence-corrected chi connectivity index (χ0v) is 16.5. The van der Waals surface area contributed by atoms with E-state index in [0.29, 0.717) is 23.6 Å². The van der Waals surface area contributed by atoms with Crippen molar-refractivity contribution in [3.63, 3.8) is 0 Å². The lowest BCUT2D eigenvalue weighted by atomic mass is 10.1. The molecule has 2 atom stereocenters. The van der Waals surface area contributed by atoms with Gasteiger partial charge in [0, 0.05) is 18.5 Å². The van der Waals surface area contributed by atoms with Crippen molar-refractivity contribution in [1.29, 1.82) is 0 Å². The highest BCUT2D eigenvalue weighted by Crippen LogP contribution is 2.20. The molecule has 154 valence electrons. The number of benzene rings is 1. The SMILES string of the molecule is CCC(C)Oc1ccc(C(=O)NNC(=O)C2CC(=O)N(Cc3ccco3)C2)cc1. The standard InChI is InChI=1S/C21H25N3O5/c1-3-14(2)29-17-8-6-15(7-9-17)20(26)22-23-21(27)16-11-19(25)24(12-16)13-18-5-4-10-28-18/h4-10,14,16H,3,11-13H2,1-2H3,(H,22,26)(H,23,27). The van der Waals surface area contributed by atoms with E-state index in [2.05, 4.69) is 10.9 Å². The molecule has 2 aromatic rings. The van der Waals surface area contributed by atoms with Crippen LogP contribution in [0.3, 0.4) is 0 Å². The van der Waals surface area contributed by atoms with Gasteiger partial charge in [-0.25, -0.2) is 0 Å². The maximum Gasteiger partial charge on any atom is 0.269 e. The van der Waals surface area contributed by atoms with Crippen molar-refractivity contribution < 1.29 is 23.5 Å². The monoisotopic (exact) mass is 399 g/mol. The van der Waals surface area contributed by atoms with E-state index in [1.165, 1.54) is 0 Å². The highest BCUT2D eigenvalue weighted by Gasteiger charge is 2.34. The number of amides is 3. The van der Waals surface area contributed by atoms with Gasteiger partial charge in [0.1, 0.15) is 11.5 Å². The van der Waals surface area contributed by atoms with E-state index in [0.717, 1.165) is 6.42 Å². The molecule has 2 N–H and O–H groups in total. The van der Waals surface area contributed by atoms with Crippen LogP contribution in [-0.2, 0) is 16.1 Å². The van der Waals surface area contributed by atoms with E-state index < -0.39 is 17.7 Å². The third-order valence-corrected chi connectivity index (χ3v) is 4.84. The summed E-state index contributed by atoms with van der Waals surface area (Å²) < 4.78 is 10.9. The molecule has 3 rings (SSSR count). The van der Waals surface area contributed by atoms with Gasteiger partial charge >= 0.3 is 0 Å². The molecule has 2 heterocycles. The summed E-state index contributed by atoms with van der Waals surface area (Å²) in [5, 5.41) is 0. The number of carbonyl (C=O) groups is 3. The topological polar surface area (TPSA) is 101 Å². The first-order chi connectivity index (χ1) is 14.0. The molecule has 1 aliphatic heterocycles. The largest absolute Gasteiger partial charge is 0.491 e. The van der Waals surface area contributed by atoms with Gasteiger partial charge in [-0.15, -0.1) is 0 Å². The minimum absolute atomic E-state index is 0.0930. The van der Waals surface area contributed by atoms with E-state index in [-0.39, 0.29) is 25.0 Å². The van der Waals surface area contributed by atoms with E-state index >= 15 is 0 Å². The Morgan fingerprint density at radius 2 is 2.00 bits per heavy atom. The van der Waals surface area contributed by atoms with Crippen molar-refractivity contribution in [2.45, 2.75) is 39.3 Å². The molecule has 0 radical (unpaired) electrons. The first-order valence-corrected chi connectivity index (χ1v) is 9.63. The van der Waals surface area contributed by atoms with Gasteiger partial charge in [-0.05, 0) is 49.7 Å². The van der Waals surface area contributed by atoms with Gasteiger partial charge in [0.25, 0.3) is 5.91 Å². The summed E-state index contributed by atoms with van der Waals surface area (Å²) in [6, 6.07) is 10.2.